The van der Waals surface area contributed by atoms with E-state index in [0.29, 0.717) is 69.4 Å². The second kappa shape index (κ2) is 11.8. The number of amides is 4. The van der Waals surface area contributed by atoms with Crippen LogP contribution >= 0.6 is 0 Å². The fourth-order valence-corrected chi connectivity index (χ4v) is 6.62. The summed E-state index contributed by atoms with van der Waals surface area (Å²) in [7, 11) is 0. The van der Waals surface area contributed by atoms with E-state index in [0.717, 1.165) is 32.1 Å². The van der Waals surface area contributed by atoms with Gasteiger partial charge in [-0.2, -0.15) is 0 Å². The third-order valence-electron chi connectivity index (χ3n) is 8.74. The molecule has 2 aromatic rings. The first kappa shape index (κ1) is 26.5. The number of rotatable bonds is 2. The van der Waals surface area contributed by atoms with Crippen molar-refractivity contribution in [3.63, 3.8) is 0 Å². The van der Waals surface area contributed by atoms with E-state index >= 15 is 0 Å². The molecule has 0 aromatic heterocycles. The van der Waals surface area contributed by atoms with Gasteiger partial charge in [-0.15, -0.1) is 0 Å². The van der Waals surface area contributed by atoms with Crippen LogP contribution in [0.5, 0.6) is 11.5 Å². The zero-order valence-electron chi connectivity index (χ0n) is 22.9. The van der Waals surface area contributed by atoms with Gasteiger partial charge in [-0.05, 0) is 55.4 Å². The summed E-state index contributed by atoms with van der Waals surface area (Å²) in [6, 6.07) is 13.1. The van der Waals surface area contributed by atoms with E-state index < -0.39 is 5.92 Å². The Morgan fingerprint density at radius 2 is 1.70 bits per heavy atom. The van der Waals surface area contributed by atoms with Crippen LogP contribution in [0.25, 0.3) is 0 Å². The topological polar surface area (TPSA) is 100 Å². The molecule has 2 N–H and O–H groups in total. The SMILES string of the molecule is O=C1NCCCCCCN(C(=O)Nc2ccc3c(c2)OCCO3)[C@H]2C[C@H](C(=O)N3CCc4ccccc4C3)C[C@@H]12. The predicted molar refractivity (Wildman–Crippen MR) is 150 cm³/mol. The molecule has 1 aliphatic carbocycles. The Hall–Kier alpha value is -3.75. The number of anilines is 1. The quantitative estimate of drug-likeness (QED) is 0.594. The van der Waals surface area contributed by atoms with E-state index in [2.05, 4.69) is 22.8 Å². The number of urea groups is 1. The molecule has 40 heavy (non-hydrogen) atoms. The van der Waals surface area contributed by atoms with E-state index in [1.165, 1.54) is 11.1 Å². The van der Waals surface area contributed by atoms with Crippen molar-refractivity contribution in [3.8, 4) is 11.5 Å². The van der Waals surface area contributed by atoms with Crippen LogP contribution in [-0.4, -0.2) is 66.5 Å². The molecule has 4 amide bonds. The van der Waals surface area contributed by atoms with Crippen molar-refractivity contribution in [3.05, 3.63) is 53.6 Å². The lowest BCUT2D eigenvalue weighted by atomic mass is 9.97. The minimum absolute atomic E-state index is 0.0525. The molecule has 2 aromatic carbocycles. The number of nitrogens with zero attached hydrogens (tertiary/aromatic N) is 2. The van der Waals surface area contributed by atoms with Crippen molar-refractivity contribution in [1.82, 2.24) is 15.1 Å². The molecule has 9 nitrogen and oxygen atoms in total. The molecule has 1 saturated heterocycles. The molecule has 6 rings (SSSR count). The highest BCUT2D eigenvalue weighted by molar-refractivity contribution is 5.91. The van der Waals surface area contributed by atoms with Crippen LogP contribution < -0.4 is 20.1 Å². The van der Waals surface area contributed by atoms with Crippen molar-refractivity contribution < 1.29 is 23.9 Å². The van der Waals surface area contributed by atoms with Crippen LogP contribution in [0.1, 0.15) is 49.7 Å². The molecule has 3 aliphatic heterocycles. The number of fused-ring (bicyclic) bond motifs is 3. The first-order valence-corrected chi connectivity index (χ1v) is 14.7. The highest BCUT2D eigenvalue weighted by atomic mass is 16.6. The molecule has 0 unspecified atom stereocenters. The van der Waals surface area contributed by atoms with Crippen molar-refractivity contribution in [2.45, 2.75) is 57.5 Å². The molecule has 1 saturated carbocycles. The molecule has 3 atom stereocenters. The van der Waals surface area contributed by atoms with Crippen LogP contribution in [0.4, 0.5) is 10.5 Å². The van der Waals surface area contributed by atoms with E-state index in [1.54, 1.807) is 18.2 Å². The minimum Gasteiger partial charge on any atom is -0.486 e. The average molecular weight is 547 g/mol. The Morgan fingerprint density at radius 1 is 0.900 bits per heavy atom. The Morgan fingerprint density at radius 3 is 2.58 bits per heavy atom. The number of carbonyl (C=O) groups excluding carboxylic acids is 3. The zero-order valence-corrected chi connectivity index (χ0v) is 22.9. The average Bonchev–Trinajstić information content (AvgIpc) is 3.41. The van der Waals surface area contributed by atoms with E-state index in [1.807, 2.05) is 21.9 Å². The Bertz CT molecular complexity index is 1270. The normalized spacial score (nSPS) is 24.7. The summed E-state index contributed by atoms with van der Waals surface area (Å²) >= 11 is 0. The largest absolute Gasteiger partial charge is 0.486 e. The number of benzene rings is 2. The molecule has 0 spiro atoms. The fourth-order valence-electron chi connectivity index (χ4n) is 6.62. The molecule has 9 heteroatoms. The molecule has 2 fully saturated rings. The van der Waals surface area contributed by atoms with Gasteiger partial charge in [0.15, 0.2) is 11.5 Å². The molecule has 4 aliphatic rings. The summed E-state index contributed by atoms with van der Waals surface area (Å²) in [6.45, 7) is 3.42. The lowest BCUT2D eigenvalue weighted by Gasteiger charge is -2.33. The summed E-state index contributed by atoms with van der Waals surface area (Å²) in [5.74, 6) is 0.591. The highest BCUT2D eigenvalue weighted by Crippen LogP contribution is 2.38. The summed E-state index contributed by atoms with van der Waals surface area (Å²) in [5, 5.41) is 6.13. The first-order valence-electron chi connectivity index (χ1n) is 14.7. The van der Waals surface area contributed by atoms with E-state index in [9.17, 15) is 14.4 Å². The summed E-state index contributed by atoms with van der Waals surface area (Å²) in [4.78, 5) is 44.7. The zero-order chi connectivity index (χ0) is 27.5. The maximum atomic E-state index is 13.8. The number of hydrogen-bond acceptors (Lipinski definition) is 5. The molecule has 212 valence electrons. The number of nitrogens with one attached hydrogen (secondary N) is 2. The number of carbonyl (C=O) groups is 3. The lowest BCUT2D eigenvalue weighted by molar-refractivity contribution is -0.136. The van der Waals surface area contributed by atoms with Gasteiger partial charge in [0.25, 0.3) is 0 Å². The van der Waals surface area contributed by atoms with Gasteiger partial charge in [-0.25, -0.2) is 4.79 Å². The van der Waals surface area contributed by atoms with Gasteiger partial charge in [0.1, 0.15) is 13.2 Å². The van der Waals surface area contributed by atoms with Gasteiger partial charge in [0.05, 0.1) is 5.92 Å². The monoisotopic (exact) mass is 546 g/mol. The minimum atomic E-state index is -0.421. The van der Waals surface area contributed by atoms with Crippen LogP contribution in [-0.2, 0) is 22.6 Å². The van der Waals surface area contributed by atoms with Gasteiger partial charge in [0.2, 0.25) is 11.8 Å². The molecular formula is C31H38N4O5. The maximum Gasteiger partial charge on any atom is 0.322 e. The summed E-state index contributed by atoms with van der Waals surface area (Å²) < 4.78 is 11.3. The predicted octanol–water partition coefficient (Wildman–Crippen LogP) is 3.96. The first-order chi connectivity index (χ1) is 19.6. The Kier molecular flexibility index (Phi) is 7.80. The van der Waals surface area contributed by atoms with Crippen LogP contribution in [0, 0.1) is 11.8 Å². The standard InChI is InChI=1S/C31H38N4O5/c36-29-25-17-23(30(37)34-14-11-21-7-3-4-8-22(21)20-34)18-26(25)35(13-6-2-1-5-12-32-29)31(38)33-24-9-10-27-28(19-24)40-16-15-39-27/h3-4,7-10,19,23,25-26H,1-2,5-6,11-18,20H2,(H,32,36)(H,33,38)/t23-,25-,26+/m1/s1. The molecular weight excluding hydrogens is 508 g/mol. The smallest absolute Gasteiger partial charge is 0.322 e. The van der Waals surface area contributed by atoms with Gasteiger partial charge < -0.3 is 29.9 Å². The van der Waals surface area contributed by atoms with Gasteiger partial charge in [-0.3, -0.25) is 9.59 Å². The maximum absolute atomic E-state index is 13.8. The Labute approximate surface area is 235 Å². The second-order valence-corrected chi connectivity index (χ2v) is 11.3. The number of hydrogen-bond donors (Lipinski definition) is 2. The highest BCUT2D eigenvalue weighted by Gasteiger charge is 2.46. The van der Waals surface area contributed by atoms with Crippen molar-refractivity contribution in [2.75, 3.05) is 38.2 Å². The fraction of sp³-hybridized carbons (Fsp3) is 0.516. The molecule has 3 heterocycles. The van der Waals surface area contributed by atoms with Gasteiger partial charge in [-0.1, -0.05) is 37.1 Å². The summed E-state index contributed by atoms with van der Waals surface area (Å²) in [5.41, 5.74) is 3.10. The number of ether oxygens (including phenoxy) is 2. The third-order valence-corrected chi connectivity index (χ3v) is 8.74. The van der Waals surface area contributed by atoms with Crippen LogP contribution in [0.15, 0.2) is 42.5 Å². The van der Waals surface area contributed by atoms with Gasteiger partial charge in [0, 0.05) is 49.9 Å². The van der Waals surface area contributed by atoms with Gasteiger partial charge >= 0.3 is 6.03 Å². The second-order valence-electron chi connectivity index (χ2n) is 11.3. The molecule has 0 bridgehead atoms. The van der Waals surface area contributed by atoms with E-state index in [4.69, 9.17) is 9.47 Å². The van der Waals surface area contributed by atoms with Crippen molar-refractivity contribution in [2.24, 2.45) is 11.8 Å². The van der Waals surface area contributed by atoms with Crippen LogP contribution in [0.3, 0.4) is 0 Å². The van der Waals surface area contributed by atoms with Crippen molar-refractivity contribution >= 4 is 23.5 Å². The lowest BCUT2D eigenvalue weighted by Crippen LogP contribution is -2.49. The van der Waals surface area contributed by atoms with Crippen molar-refractivity contribution in [1.29, 1.82) is 0 Å². The van der Waals surface area contributed by atoms with E-state index in [-0.39, 0.29) is 29.8 Å². The van der Waals surface area contributed by atoms with Crippen LogP contribution in [0.2, 0.25) is 0 Å². The third kappa shape index (κ3) is 5.60. The summed E-state index contributed by atoms with van der Waals surface area (Å²) in [6.07, 6.45) is 5.55. The molecule has 0 radical (unpaired) electrons. The Balaban J connectivity index is 1.21.